The van der Waals surface area contributed by atoms with Gasteiger partial charge in [0.2, 0.25) is 5.91 Å². The molecule has 3 saturated heterocycles. The number of rotatable bonds is 1. The maximum atomic E-state index is 12.7. The number of piperidine rings is 1. The second-order valence-corrected chi connectivity index (χ2v) is 6.21. The van der Waals surface area contributed by atoms with Gasteiger partial charge in [-0.05, 0) is 45.6 Å². The molecule has 3 aliphatic heterocycles. The smallest absolute Gasteiger partial charge is 0.230 e. The minimum atomic E-state index is -0.205. The molecular formula is C13H23ClN2O2. The zero-order valence-electron chi connectivity index (χ0n) is 10.9. The van der Waals surface area contributed by atoms with Crippen molar-refractivity contribution in [3.8, 4) is 0 Å². The Balaban J connectivity index is 0.00000120. The lowest BCUT2D eigenvalue weighted by atomic mass is 9.86. The third kappa shape index (κ3) is 2.15. The third-order valence-electron chi connectivity index (χ3n) is 4.83. The van der Waals surface area contributed by atoms with Crippen molar-refractivity contribution < 1.29 is 9.90 Å². The molecule has 3 atom stereocenters. The van der Waals surface area contributed by atoms with Gasteiger partial charge in [0.15, 0.2) is 0 Å². The van der Waals surface area contributed by atoms with E-state index >= 15 is 0 Å². The molecular weight excluding hydrogens is 252 g/mol. The first-order chi connectivity index (χ1) is 8.10. The number of halogens is 1. The summed E-state index contributed by atoms with van der Waals surface area (Å²) in [5, 5.41) is 13.1. The highest BCUT2D eigenvalue weighted by Crippen LogP contribution is 2.40. The van der Waals surface area contributed by atoms with Crippen LogP contribution < -0.4 is 5.32 Å². The third-order valence-corrected chi connectivity index (χ3v) is 4.83. The number of carbonyl (C=O) groups is 1. The van der Waals surface area contributed by atoms with Crippen LogP contribution in [0.2, 0.25) is 0 Å². The Morgan fingerprint density at radius 1 is 1.33 bits per heavy atom. The molecule has 3 heterocycles. The van der Waals surface area contributed by atoms with Crippen LogP contribution in [0.5, 0.6) is 0 Å². The average Bonchev–Trinajstić information content (AvgIpc) is 2.82. The molecule has 0 aromatic rings. The Morgan fingerprint density at radius 2 is 1.94 bits per heavy atom. The quantitative estimate of drug-likeness (QED) is 0.748. The maximum Gasteiger partial charge on any atom is 0.230 e. The molecule has 0 aliphatic carbocycles. The lowest BCUT2D eigenvalue weighted by Gasteiger charge is -2.41. The molecule has 104 valence electrons. The van der Waals surface area contributed by atoms with Crippen molar-refractivity contribution in [1.82, 2.24) is 10.2 Å². The number of amides is 1. The van der Waals surface area contributed by atoms with Crippen molar-refractivity contribution in [1.29, 1.82) is 0 Å². The van der Waals surface area contributed by atoms with Crippen LogP contribution >= 0.6 is 12.4 Å². The maximum absolute atomic E-state index is 12.7. The van der Waals surface area contributed by atoms with Crippen LogP contribution in [0.25, 0.3) is 0 Å². The van der Waals surface area contributed by atoms with Gasteiger partial charge < -0.3 is 15.3 Å². The van der Waals surface area contributed by atoms with Crippen LogP contribution in [0.4, 0.5) is 0 Å². The summed E-state index contributed by atoms with van der Waals surface area (Å²) in [6, 6.07) is 0.599. The molecule has 5 heteroatoms. The number of carbonyl (C=O) groups excluding carboxylic acids is 1. The molecule has 2 N–H and O–H groups in total. The van der Waals surface area contributed by atoms with Crippen LogP contribution in [0.15, 0.2) is 0 Å². The Hall–Kier alpha value is -0.320. The van der Waals surface area contributed by atoms with Gasteiger partial charge in [-0.15, -0.1) is 12.4 Å². The predicted molar refractivity (Wildman–Crippen MR) is 71.7 cm³/mol. The van der Waals surface area contributed by atoms with E-state index in [4.69, 9.17) is 0 Å². The zero-order chi connectivity index (χ0) is 12.0. The number of fused-ring (bicyclic) bond motifs is 2. The van der Waals surface area contributed by atoms with E-state index in [-0.39, 0.29) is 23.9 Å². The van der Waals surface area contributed by atoms with E-state index in [0.29, 0.717) is 18.0 Å². The number of hydrogen-bond donors (Lipinski definition) is 2. The van der Waals surface area contributed by atoms with Gasteiger partial charge in [0.25, 0.3) is 0 Å². The van der Waals surface area contributed by atoms with Crippen molar-refractivity contribution in [2.24, 2.45) is 5.41 Å². The van der Waals surface area contributed by atoms with Crippen molar-refractivity contribution in [2.75, 3.05) is 13.1 Å². The first-order valence-electron chi connectivity index (χ1n) is 6.82. The molecule has 0 saturated carbocycles. The first-order valence-corrected chi connectivity index (χ1v) is 6.82. The minimum Gasteiger partial charge on any atom is -0.393 e. The van der Waals surface area contributed by atoms with E-state index in [2.05, 4.69) is 17.1 Å². The molecule has 3 rings (SSSR count). The summed E-state index contributed by atoms with van der Waals surface area (Å²) < 4.78 is 0. The summed E-state index contributed by atoms with van der Waals surface area (Å²) in [6.07, 6.45) is 4.49. The second-order valence-electron chi connectivity index (χ2n) is 6.21. The molecule has 0 spiro atoms. The molecule has 1 amide bonds. The minimum absolute atomic E-state index is 0. The lowest BCUT2D eigenvalue weighted by molar-refractivity contribution is -0.146. The Morgan fingerprint density at radius 3 is 2.44 bits per heavy atom. The van der Waals surface area contributed by atoms with Gasteiger partial charge in [-0.3, -0.25) is 4.79 Å². The summed E-state index contributed by atoms with van der Waals surface area (Å²) >= 11 is 0. The van der Waals surface area contributed by atoms with E-state index in [1.54, 1.807) is 0 Å². The molecule has 3 unspecified atom stereocenters. The van der Waals surface area contributed by atoms with Crippen molar-refractivity contribution in [2.45, 2.75) is 57.2 Å². The van der Waals surface area contributed by atoms with Gasteiger partial charge in [-0.2, -0.15) is 0 Å². The summed E-state index contributed by atoms with van der Waals surface area (Å²) in [5.74, 6) is 0.321. The largest absolute Gasteiger partial charge is 0.393 e. The normalized spacial score (nSPS) is 42.8. The highest BCUT2D eigenvalue weighted by molar-refractivity contribution is 5.85. The molecule has 0 aromatic heterocycles. The molecule has 18 heavy (non-hydrogen) atoms. The standard InChI is InChI=1S/C13H22N2O2.ClH/c1-13(4-5-14-8-13)12(17)15-9-2-3-10(15)7-11(16)6-9;/h9-11,14,16H,2-8H2,1H3;1H. The van der Waals surface area contributed by atoms with Crippen LogP contribution in [-0.4, -0.2) is 47.2 Å². The van der Waals surface area contributed by atoms with Gasteiger partial charge in [-0.25, -0.2) is 0 Å². The van der Waals surface area contributed by atoms with E-state index in [0.717, 1.165) is 45.2 Å². The highest BCUT2D eigenvalue weighted by atomic mass is 35.5. The van der Waals surface area contributed by atoms with Crippen molar-refractivity contribution in [3.63, 3.8) is 0 Å². The highest BCUT2D eigenvalue weighted by Gasteiger charge is 2.48. The van der Waals surface area contributed by atoms with Crippen LogP contribution in [0, 0.1) is 5.41 Å². The zero-order valence-corrected chi connectivity index (χ0v) is 11.7. The molecule has 0 radical (unpaired) electrons. The molecule has 4 nitrogen and oxygen atoms in total. The molecule has 2 bridgehead atoms. The van der Waals surface area contributed by atoms with E-state index in [1.165, 1.54) is 0 Å². The first kappa shape index (κ1) is 14.1. The van der Waals surface area contributed by atoms with Gasteiger partial charge in [0.05, 0.1) is 11.5 Å². The van der Waals surface area contributed by atoms with E-state index in [9.17, 15) is 9.90 Å². The molecule has 0 aromatic carbocycles. The number of aliphatic hydroxyl groups excluding tert-OH is 1. The number of nitrogens with one attached hydrogen (secondary N) is 1. The predicted octanol–water partition coefficient (Wildman–Crippen LogP) is 0.922. The fourth-order valence-corrected chi connectivity index (χ4v) is 3.79. The van der Waals surface area contributed by atoms with Gasteiger partial charge >= 0.3 is 0 Å². The molecule has 3 aliphatic rings. The van der Waals surface area contributed by atoms with Gasteiger partial charge in [0, 0.05) is 18.6 Å². The summed E-state index contributed by atoms with van der Waals surface area (Å²) in [7, 11) is 0. The van der Waals surface area contributed by atoms with Gasteiger partial charge in [0.1, 0.15) is 0 Å². The number of aliphatic hydroxyl groups is 1. The van der Waals surface area contributed by atoms with Crippen molar-refractivity contribution in [3.05, 3.63) is 0 Å². The summed E-state index contributed by atoms with van der Waals surface area (Å²) in [5.41, 5.74) is -0.205. The molecule has 3 fully saturated rings. The summed E-state index contributed by atoms with van der Waals surface area (Å²) in [6.45, 7) is 3.85. The SMILES string of the molecule is CC1(C(=O)N2C3CCC2CC(O)C3)CCNC1.Cl. The van der Waals surface area contributed by atoms with Crippen LogP contribution in [-0.2, 0) is 4.79 Å². The monoisotopic (exact) mass is 274 g/mol. The van der Waals surface area contributed by atoms with E-state index in [1.807, 2.05) is 0 Å². The average molecular weight is 275 g/mol. The number of hydrogen-bond acceptors (Lipinski definition) is 3. The second kappa shape index (κ2) is 4.99. The topological polar surface area (TPSA) is 52.6 Å². The van der Waals surface area contributed by atoms with E-state index < -0.39 is 0 Å². The Bertz CT molecular complexity index is 317. The summed E-state index contributed by atoms with van der Waals surface area (Å²) in [4.78, 5) is 14.8. The fraction of sp³-hybridized carbons (Fsp3) is 0.923. The Kier molecular flexibility index (Phi) is 3.90. The number of nitrogens with zero attached hydrogens (tertiary/aromatic N) is 1. The lowest BCUT2D eigenvalue weighted by Crippen LogP contribution is -2.53. The Labute approximate surface area is 115 Å². The van der Waals surface area contributed by atoms with Gasteiger partial charge in [-0.1, -0.05) is 0 Å². The fourth-order valence-electron chi connectivity index (χ4n) is 3.79. The van der Waals surface area contributed by atoms with Crippen LogP contribution in [0.3, 0.4) is 0 Å². The van der Waals surface area contributed by atoms with Crippen LogP contribution in [0.1, 0.15) is 39.0 Å². The van der Waals surface area contributed by atoms with Crippen molar-refractivity contribution >= 4 is 18.3 Å².